The van der Waals surface area contributed by atoms with Crippen molar-refractivity contribution in [3.05, 3.63) is 17.0 Å². The Labute approximate surface area is 105 Å². The molecule has 0 aromatic carbocycles. The van der Waals surface area contributed by atoms with E-state index in [0.29, 0.717) is 12.5 Å². The van der Waals surface area contributed by atoms with E-state index >= 15 is 0 Å². The number of nitrogens with one attached hydrogen (secondary N) is 1. The first-order valence-corrected chi connectivity index (χ1v) is 6.34. The van der Waals surface area contributed by atoms with Crippen molar-refractivity contribution in [2.45, 2.75) is 25.8 Å². The summed E-state index contributed by atoms with van der Waals surface area (Å²) in [5, 5.41) is 12.4. The van der Waals surface area contributed by atoms with E-state index in [1.165, 1.54) is 0 Å². The van der Waals surface area contributed by atoms with E-state index in [4.69, 9.17) is 0 Å². The molecule has 1 aromatic heterocycles. The van der Waals surface area contributed by atoms with Crippen molar-refractivity contribution in [3.63, 3.8) is 0 Å². The quantitative estimate of drug-likeness (QED) is 0.789. The number of nitrogens with zero attached hydrogens (tertiary/aromatic N) is 3. The van der Waals surface area contributed by atoms with Gasteiger partial charge in [-0.25, -0.2) is 14.8 Å². The monoisotopic (exact) mass is 248 g/mol. The first-order valence-electron chi connectivity index (χ1n) is 6.34. The number of aromatic nitrogens is 2. The number of hydrogen-bond donors (Lipinski definition) is 2. The molecule has 3 rings (SSSR count). The molecule has 0 saturated carbocycles. The van der Waals surface area contributed by atoms with Crippen LogP contribution in [0.5, 0.6) is 0 Å². The van der Waals surface area contributed by atoms with Crippen LogP contribution in [0.4, 0.5) is 5.95 Å². The van der Waals surface area contributed by atoms with Gasteiger partial charge >= 0.3 is 5.97 Å². The molecule has 2 aliphatic rings. The van der Waals surface area contributed by atoms with Crippen molar-refractivity contribution in [1.82, 2.24) is 15.3 Å². The Hall–Kier alpha value is -1.69. The molecule has 0 radical (unpaired) electrons. The number of aromatic carboxylic acids is 1. The zero-order chi connectivity index (χ0) is 12.5. The largest absolute Gasteiger partial charge is 0.476 e. The Kier molecular flexibility index (Phi) is 2.87. The van der Waals surface area contributed by atoms with Crippen LogP contribution in [0.25, 0.3) is 0 Å². The molecule has 2 aliphatic heterocycles. The van der Waals surface area contributed by atoms with Gasteiger partial charge in [-0.3, -0.25) is 0 Å². The second-order valence-corrected chi connectivity index (χ2v) is 4.72. The molecule has 2 N–H and O–H groups in total. The van der Waals surface area contributed by atoms with Crippen LogP contribution in [0.15, 0.2) is 0 Å². The third-order valence-corrected chi connectivity index (χ3v) is 3.51. The fraction of sp³-hybridized carbons (Fsp3) is 0.583. The van der Waals surface area contributed by atoms with Crippen molar-refractivity contribution in [3.8, 4) is 0 Å². The minimum absolute atomic E-state index is 0.161. The molecular formula is C12H16N4O2. The number of carbonyl (C=O) groups is 1. The summed E-state index contributed by atoms with van der Waals surface area (Å²) in [4.78, 5) is 22.2. The summed E-state index contributed by atoms with van der Waals surface area (Å²) in [5.74, 6) is -0.372. The Morgan fingerprint density at radius 2 is 2.06 bits per heavy atom. The average molecular weight is 248 g/mol. The predicted octanol–water partition coefficient (Wildman–Crippen LogP) is 0.421. The summed E-state index contributed by atoms with van der Waals surface area (Å²) in [6.07, 6.45) is 3.04. The molecule has 18 heavy (non-hydrogen) atoms. The van der Waals surface area contributed by atoms with Gasteiger partial charge in [0.15, 0.2) is 5.69 Å². The highest BCUT2D eigenvalue weighted by molar-refractivity contribution is 5.87. The molecule has 0 bridgehead atoms. The van der Waals surface area contributed by atoms with Crippen LogP contribution in [0, 0.1) is 0 Å². The first-order chi connectivity index (χ1) is 8.75. The number of rotatable bonds is 2. The number of carboxylic acids is 1. The molecule has 0 unspecified atom stereocenters. The van der Waals surface area contributed by atoms with Crippen molar-refractivity contribution in [2.24, 2.45) is 0 Å². The van der Waals surface area contributed by atoms with E-state index in [1.54, 1.807) is 0 Å². The number of carboxylic acid groups (broad SMARTS) is 1. The molecule has 96 valence electrons. The fourth-order valence-corrected chi connectivity index (χ4v) is 2.57. The predicted molar refractivity (Wildman–Crippen MR) is 65.8 cm³/mol. The standard InChI is InChI=1S/C12H16N4O2/c17-11(18)10-8-7-13-4-3-9(8)14-12(15-10)16-5-1-2-6-16/h13H,1-7H2,(H,17,18). The Balaban J connectivity index is 2.05. The van der Waals surface area contributed by atoms with E-state index in [2.05, 4.69) is 20.2 Å². The molecule has 1 fully saturated rings. The van der Waals surface area contributed by atoms with Crippen LogP contribution in [0.2, 0.25) is 0 Å². The van der Waals surface area contributed by atoms with Crippen molar-refractivity contribution in [1.29, 1.82) is 0 Å². The number of fused-ring (bicyclic) bond motifs is 1. The maximum absolute atomic E-state index is 11.3. The molecule has 1 aromatic rings. The summed E-state index contributed by atoms with van der Waals surface area (Å²) in [7, 11) is 0. The molecule has 3 heterocycles. The van der Waals surface area contributed by atoms with Crippen LogP contribution >= 0.6 is 0 Å². The second kappa shape index (κ2) is 4.53. The molecule has 0 atom stereocenters. The van der Waals surface area contributed by atoms with E-state index < -0.39 is 5.97 Å². The zero-order valence-corrected chi connectivity index (χ0v) is 10.1. The van der Waals surface area contributed by atoms with Gasteiger partial charge in [0.2, 0.25) is 5.95 Å². The smallest absolute Gasteiger partial charge is 0.355 e. The summed E-state index contributed by atoms with van der Waals surface area (Å²) in [6.45, 7) is 3.26. The maximum atomic E-state index is 11.3. The Bertz CT molecular complexity index is 483. The van der Waals surface area contributed by atoms with E-state index in [1.807, 2.05) is 0 Å². The minimum atomic E-state index is -0.960. The number of hydrogen-bond acceptors (Lipinski definition) is 5. The summed E-state index contributed by atoms with van der Waals surface area (Å²) in [6, 6.07) is 0. The molecule has 0 spiro atoms. The maximum Gasteiger partial charge on any atom is 0.355 e. The van der Waals surface area contributed by atoms with Gasteiger partial charge in [0.05, 0.1) is 5.69 Å². The third-order valence-electron chi connectivity index (χ3n) is 3.51. The fourth-order valence-electron chi connectivity index (χ4n) is 2.57. The van der Waals surface area contributed by atoms with Gasteiger partial charge in [-0.15, -0.1) is 0 Å². The summed E-state index contributed by atoms with van der Waals surface area (Å²) < 4.78 is 0. The van der Waals surface area contributed by atoms with Crippen LogP contribution in [-0.4, -0.2) is 40.7 Å². The highest BCUT2D eigenvalue weighted by Gasteiger charge is 2.24. The van der Waals surface area contributed by atoms with Gasteiger partial charge in [-0.05, 0) is 12.8 Å². The van der Waals surface area contributed by atoms with Crippen molar-refractivity contribution < 1.29 is 9.90 Å². The normalized spacial score (nSPS) is 18.8. The van der Waals surface area contributed by atoms with E-state index in [9.17, 15) is 9.90 Å². The molecule has 1 saturated heterocycles. The molecule has 6 heteroatoms. The zero-order valence-electron chi connectivity index (χ0n) is 10.1. The van der Waals surface area contributed by atoms with Crippen LogP contribution in [0.1, 0.15) is 34.6 Å². The second-order valence-electron chi connectivity index (χ2n) is 4.72. The minimum Gasteiger partial charge on any atom is -0.476 e. The molecule has 0 amide bonds. The third kappa shape index (κ3) is 1.92. The van der Waals surface area contributed by atoms with Crippen LogP contribution < -0.4 is 10.2 Å². The molecular weight excluding hydrogens is 232 g/mol. The molecule has 6 nitrogen and oxygen atoms in total. The van der Waals surface area contributed by atoms with Gasteiger partial charge in [-0.1, -0.05) is 0 Å². The average Bonchev–Trinajstić information content (AvgIpc) is 2.91. The van der Waals surface area contributed by atoms with Gasteiger partial charge in [0.1, 0.15) is 0 Å². The van der Waals surface area contributed by atoms with Crippen molar-refractivity contribution >= 4 is 11.9 Å². The lowest BCUT2D eigenvalue weighted by atomic mass is 10.1. The lowest BCUT2D eigenvalue weighted by molar-refractivity contribution is 0.0688. The van der Waals surface area contributed by atoms with Crippen LogP contribution in [0.3, 0.4) is 0 Å². The SMILES string of the molecule is O=C(O)c1nc(N2CCCC2)nc2c1CNCC2. The highest BCUT2D eigenvalue weighted by Crippen LogP contribution is 2.22. The summed E-state index contributed by atoms with van der Waals surface area (Å²) in [5.41, 5.74) is 1.80. The first kappa shape index (κ1) is 11.4. The highest BCUT2D eigenvalue weighted by atomic mass is 16.4. The van der Waals surface area contributed by atoms with Gasteiger partial charge < -0.3 is 15.3 Å². The Morgan fingerprint density at radius 1 is 1.28 bits per heavy atom. The van der Waals surface area contributed by atoms with Gasteiger partial charge in [-0.2, -0.15) is 0 Å². The van der Waals surface area contributed by atoms with Gasteiger partial charge in [0.25, 0.3) is 0 Å². The topological polar surface area (TPSA) is 78.3 Å². The summed E-state index contributed by atoms with van der Waals surface area (Å²) >= 11 is 0. The molecule has 0 aliphatic carbocycles. The number of anilines is 1. The lowest BCUT2D eigenvalue weighted by Gasteiger charge is -2.22. The van der Waals surface area contributed by atoms with E-state index in [0.717, 1.165) is 50.2 Å². The Morgan fingerprint density at radius 3 is 2.78 bits per heavy atom. The van der Waals surface area contributed by atoms with E-state index in [-0.39, 0.29) is 5.69 Å². The van der Waals surface area contributed by atoms with Gasteiger partial charge in [0, 0.05) is 38.2 Å². The van der Waals surface area contributed by atoms with Crippen LogP contribution in [-0.2, 0) is 13.0 Å². The van der Waals surface area contributed by atoms with Crippen molar-refractivity contribution in [2.75, 3.05) is 24.5 Å². The lowest BCUT2D eigenvalue weighted by Crippen LogP contribution is -2.30.